The zero-order valence-corrected chi connectivity index (χ0v) is 8.11. The van der Waals surface area contributed by atoms with E-state index in [9.17, 15) is 0 Å². The van der Waals surface area contributed by atoms with Crippen molar-refractivity contribution in [3.05, 3.63) is 0 Å². The predicted molar refractivity (Wildman–Crippen MR) is 45.6 cm³/mol. The molecule has 0 aromatic heterocycles. The van der Waals surface area contributed by atoms with Crippen LogP contribution in [0, 0.1) is 0 Å². The van der Waals surface area contributed by atoms with Crippen LogP contribution in [0.25, 0.3) is 0 Å². The van der Waals surface area contributed by atoms with Crippen molar-refractivity contribution in [2.75, 3.05) is 20.8 Å². The van der Waals surface area contributed by atoms with Gasteiger partial charge in [0.15, 0.2) is 0 Å². The molecule has 0 aromatic rings. The van der Waals surface area contributed by atoms with Crippen LogP contribution in [0.1, 0.15) is 19.8 Å². The third-order valence-corrected chi connectivity index (χ3v) is 2.19. The SMILES string of the molecule is CON1CCCC1(C)OC.Cl. The van der Waals surface area contributed by atoms with E-state index in [1.54, 1.807) is 14.2 Å². The molecule has 0 radical (unpaired) electrons. The Hall–Kier alpha value is 0.170. The standard InChI is InChI=1S/C7H15NO2.ClH/c1-7(9-2)5-4-6-8(7)10-3;/h4-6H2,1-3H3;1H. The van der Waals surface area contributed by atoms with Crippen LogP contribution in [-0.2, 0) is 9.57 Å². The summed E-state index contributed by atoms with van der Waals surface area (Å²) in [4.78, 5) is 5.13. The van der Waals surface area contributed by atoms with Gasteiger partial charge in [0.1, 0.15) is 5.72 Å². The number of methoxy groups -OCH3 is 1. The molecule has 0 aliphatic carbocycles. The fourth-order valence-electron chi connectivity index (χ4n) is 1.40. The Labute approximate surface area is 74.0 Å². The molecule has 1 atom stereocenters. The minimum absolute atomic E-state index is 0. The summed E-state index contributed by atoms with van der Waals surface area (Å²) >= 11 is 0. The lowest BCUT2D eigenvalue weighted by Crippen LogP contribution is -2.41. The van der Waals surface area contributed by atoms with Crippen molar-refractivity contribution in [2.24, 2.45) is 0 Å². The van der Waals surface area contributed by atoms with Gasteiger partial charge in [-0.15, -0.1) is 12.4 Å². The van der Waals surface area contributed by atoms with E-state index in [0.717, 1.165) is 19.4 Å². The largest absolute Gasteiger partial charge is 0.362 e. The van der Waals surface area contributed by atoms with Gasteiger partial charge >= 0.3 is 0 Å². The van der Waals surface area contributed by atoms with Gasteiger partial charge in [-0.2, -0.15) is 5.06 Å². The Morgan fingerprint density at radius 2 is 2.00 bits per heavy atom. The highest BCUT2D eigenvalue weighted by Crippen LogP contribution is 2.28. The Balaban J connectivity index is 0.000001000. The van der Waals surface area contributed by atoms with Gasteiger partial charge in [0, 0.05) is 13.7 Å². The number of hydrogen-bond donors (Lipinski definition) is 0. The first-order valence-corrected chi connectivity index (χ1v) is 3.60. The maximum atomic E-state index is 5.30. The number of halogens is 1. The molecule has 1 aliphatic heterocycles. The first kappa shape index (κ1) is 11.2. The Bertz CT molecular complexity index is 123. The minimum atomic E-state index is -0.186. The second kappa shape index (κ2) is 4.26. The first-order valence-electron chi connectivity index (χ1n) is 3.60. The zero-order chi connectivity index (χ0) is 7.61. The van der Waals surface area contributed by atoms with E-state index in [1.807, 2.05) is 12.0 Å². The van der Waals surface area contributed by atoms with Crippen LogP contribution in [-0.4, -0.2) is 31.6 Å². The van der Waals surface area contributed by atoms with Gasteiger partial charge in [0.05, 0.1) is 7.11 Å². The second-order valence-corrected chi connectivity index (χ2v) is 2.77. The molecule has 11 heavy (non-hydrogen) atoms. The Kier molecular flexibility index (Phi) is 4.32. The van der Waals surface area contributed by atoms with Gasteiger partial charge in [-0.1, -0.05) is 0 Å². The molecule has 68 valence electrons. The fraction of sp³-hybridized carbons (Fsp3) is 1.00. The molecule has 0 saturated carbocycles. The molecule has 1 fully saturated rings. The van der Waals surface area contributed by atoms with E-state index < -0.39 is 0 Å². The second-order valence-electron chi connectivity index (χ2n) is 2.77. The summed E-state index contributed by atoms with van der Waals surface area (Å²) in [7, 11) is 3.40. The van der Waals surface area contributed by atoms with Gasteiger partial charge in [-0.25, -0.2) is 0 Å². The molecular formula is C7H16ClNO2. The summed E-state index contributed by atoms with van der Waals surface area (Å²) in [5, 5.41) is 1.88. The van der Waals surface area contributed by atoms with Gasteiger partial charge in [0.25, 0.3) is 0 Å². The summed E-state index contributed by atoms with van der Waals surface area (Å²) in [5.41, 5.74) is -0.186. The lowest BCUT2D eigenvalue weighted by Gasteiger charge is -2.31. The highest BCUT2D eigenvalue weighted by Gasteiger charge is 2.36. The lowest BCUT2D eigenvalue weighted by molar-refractivity contribution is -0.260. The van der Waals surface area contributed by atoms with Gasteiger partial charge < -0.3 is 4.74 Å². The molecule has 0 N–H and O–H groups in total. The van der Waals surface area contributed by atoms with Crippen LogP contribution >= 0.6 is 12.4 Å². The van der Waals surface area contributed by atoms with Crippen molar-refractivity contribution in [3.63, 3.8) is 0 Å². The topological polar surface area (TPSA) is 21.7 Å². The molecule has 0 aromatic carbocycles. The molecule has 1 aliphatic rings. The normalized spacial score (nSPS) is 31.9. The monoisotopic (exact) mass is 181 g/mol. The van der Waals surface area contributed by atoms with E-state index in [2.05, 4.69) is 0 Å². The zero-order valence-electron chi connectivity index (χ0n) is 7.29. The molecule has 3 nitrogen and oxygen atoms in total. The molecule has 4 heteroatoms. The predicted octanol–water partition coefficient (Wildman–Crippen LogP) is 1.43. The van der Waals surface area contributed by atoms with Crippen molar-refractivity contribution < 1.29 is 9.57 Å². The van der Waals surface area contributed by atoms with Crippen molar-refractivity contribution >= 4 is 12.4 Å². The molecule has 0 bridgehead atoms. The van der Waals surface area contributed by atoms with Crippen LogP contribution in [0.15, 0.2) is 0 Å². The number of hydrogen-bond acceptors (Lipinski definition) is 3. The summed E-state index contributed by atoms with van der Waals surface area (Å²) in [5.74, 6) is 0. The van der Waals surface area contributed by atoms with Gasteiger partial charge in [-0.3, -0.25) is 4.84 Å². The molecule has 1 unspecified atom stereocenters. The summed E-state index contributed by atoms with van der Waals surface area (Å²) in [6.07, 6.45) is 2.20. The van der Waals surface area contributed by atoms with E-state index in [1.165, 1.54) is 0 Å². The number of rotatable bonds is 2. The van der Waals surface area contributed by atoms with E-state index >= 15 is 0 Å². The highest BCUT2D eigenvalue weighted by atomic mass is 35.5. The van der Waals surface area contributed by atoms with Crippen molar-refractivity contribution in [1.29, 1.82) is 0 Å². The van der Waals surface area contributed by atoms with E-state index in [-0.39, 0.29) is 18.1 Å². The summed E-state index contributed by atoms with van der Waals surface area (Å²) in [6.45, 7) is 3.02. The third kappa shape index (κ3) is 2.06. The van der Waals surface area contributed by atoms with Crippen LogP contribution in [0.3, 0.4) is 0 Å². The minimum Gasteiger partial charge on any atom is -0.362 e. The maximum Gasteiger partial charge on any atom is 0.140 e. The molecule has 1 heterocycles. The van der Waals surface area contributed by atoms with Crippen LogP contribution < -0.4 is 0 Å². The lowest BCUT2D eigenvalue weighted by atomic mass is 10.2. The van der Waals surface area contributed by atoms with Gasteiger partial charge in [-0.05, 0) is 19.8 Å². The average Bonchev–Trinajstić information content (AvgIpc) is 2.32. The molecule has 0 amide bonds. The Morgan fingerprint density at radius 3 is 2.36 bits per heavy atom. The first-order chi connectivity index (χ1) is 4.73. The number of nitrogens with zero attached hydrogens (tertiary/aromatic N) is 1. The maximum absolute atomic E-state index is 5.30. The van der Waals surface area contributed by atoms with Crippen LogP contribution in [0.5, 0.6) is 0 Å². The van der Waals surface area contributed by atoms with E-state index in [0.29, 0.717) is 0 Å². The van der Waals surface area contributed by atoms with Crippen molar-refractivity contribution in [3.8, 4) is 0 Å². The summed E-state index contributed by atoms with van der Waals surface area (Å²) in [6, 6.07) is 0. The van der Waals surface area contributed by atoms with Crippen LogP contribution in [0.2, 0.25) is 0 Å². The number of hydroxylamine groups is 2. The molecule has 1 saturated heterocycles. The van der Waals surface area contributed by atoms with E-state index in [4.69, 9.17) is 9.57 Å². The smallest absolute Gasteiger partial charge is 0.140 e. The molecule has 0 spiro atoms. The third-order valence-electron chi connectivity index (χ3n) is 2.19. The number of ether oxygens (including phenoxy) is 1. The van der Waals surface area contributed by atoms with Crippen molar-refractivity contribution in [2.45, 2.75) is 25.5 Å². The quantitative estimate of drug-likeness (QED) is 0.644. The van der Waals surface area contributed by atoms with Crippen molar-refractivity contribution in [1.82, 2.24) is 5.06 Å². The molecule has 1 rings (SSSR count). The highest BCUT2D eigenvalue weighted by molar-refractivity contribution is 5.85. The summed E-state index contributed by atoms with van der Waals surface area (Å²) < 4.78 is 5.30. The van der Waals surface area contributed by atoms with Crippen LogP contribution in [0.4, 0.5) is 0 Å². The van der Waals surface area contributed by atoms with Gasteiger partial charge in [0.2, 0.25) is 0 Å². The average molecular weight is 182 g/mol. The molecular weight excluding hydrogens is 166 g/mol. The Morgan fingerprint density at radius 1 is 1.36 bits per heavy atom. The fourth-order valence-corrected chi connectivity index (χ4v) is 1.40.